The van der Waals surface area contributed by atoms with Gasteiger partial charge < -0.3 is 143 Å². The molecular formula is C63H103NaO33S. The number of carbonyl (C=O) groups is 1. The van der Waals surface area contributed by atoms with Gasteiger partial charge in [-0.25, -0.2) is 8.42 Å². The number of fused-ring (bicyclic) bond motifs is 5. The van der Waals surface area contributed by atoms with Gasteiger partial charge in [0.05, 0.1) is 55.9 Å². The molecule has 6 heterocycles. The van der Waals surface area contributed by atoms with E-state index in [1.54, 1.807) is 6.92 Å². The van der Waals surface area contributed by atoms with Crippen LogP contribution in [0.3, 0.4) is 0 Å². The summed E-state index contributed by atoms with van der Waals surface area (Å²) in [5.74, 6) is -1.34. The summed E-state index contributed by atoms with van der Waals surface area (Å²) in [6.45, 7) is 13.3. The Morgan fingerprint density at radius 1 is 0.582 bits per heavy atom. The molecule has 0 radical (unpaired) electrons. The Labute approximate surface area is 590 Å². The third-order valence-electron chi connectivity index (χ3n) is 23.3. The van der Waals surface area contributed by atoms with Gasteiger partial charge in [0.25, 0.3) is 0 Å². The number of hydrogen-bond acceptors (Lipinski definition) is 33. The fourth-order valence-electron chi connectivity index (χ4n) is 17.2. The van der Waals surface area contributed by atoms with Crippen molar-refractivity contribution in [3.8, 4) is 0 Å². The molecule has 33 nitrogen and oxygen atoms in total. The molecule has 6 aliphatic heterocycles. The van der Waals surface area contributed by atoms with Crippen molar-refractivity contribution >= 4 is 16.2 Å². The zero-order valence-electron chi connectivity index (χ0n) is 56.7. The fourth-order valence-corrected chi connectivity index (χ4v) is 17.7. The van der Waals surface area contributed by atoms with E-state index in [0.29, 0.717) is 25.7 Å². The van der Waals surface area contributed by atoms with Crippen LogP contribution in [0.2, 0.25) is 0 Å². The zero-order valence-corrected chi connectivity index (χ0v) is 59.5. The average Bonchev–Trinajstić information content (AvgIpc) is 1.35. The van der Waals surface area contributed by atoms with Crippen molar-refractivity contribution in [1.29, 1.82) is 0 Å². The van der Waals surface area contributed by atoms with E-state index in [4.69, 9.17) is 61.0 Å². The molecule has 39 atom stereocenters. The molecule has 35 unspecified atom stereocenters. The van der Waals surface area contributed by atoms with Gasteiger partial charge >= 0.3 is 29.6 Å². The molecule has 6 saturated heterocycles. The van der Waals surface area contributed by atoms with Crippen LogP contribution in [0.4, 0.5) is 0 Å². The third-order valence-corrected chi connectivity index (χ3v) is 23.8. The first-order valence-electron chi connectivity index (χ1n) is 33.8. The normalized spacial score (nSPS) is 51.0. The van der Waals surface area contributed by atoms with Crippen LogP contribution in [0.5, 0.6) is 0 Å². The Bertz CT molecular complexity index is 2790. The second-order valence-electron chi connectivity index (χ2n) is 29.8. The Hall–Kier alpha value is -0.840. The van der Waals surface area contributed by atoms with Gasteiger partial charge in [0, 0.05) is 12.3 Å². The molecule has 10 rings (SSSR count). The largest absolute Gasteiger partial charge is 1.00 e. The maximum absolute atomic E-state index is 13.6. The van der Waals surface area contributed by atoms with Gasteiger partial charge in [-0.2, -0.15) is 0 Å². The molecule has 0 aromatic carbocycles. The zero-order chi connectivity index (χ0) is 71.2. The van der Waals surface area contributed by atoms with Gasteiger partial charge in [-0.1, -0.05) is 46.3 Å². The van der Waals surface area contributed by atoms with Crippen molar-refractivity contribution in [2.24, 2.45) is 46.3 Å². The summed E-state index contributed by atoms with van der Waals surface area (Å²) in [4.78, 5) is 13.6. The number of ether oxygens (including phenoxy) is 12. The molecule has 16 N–H and O–H groups in total. The molecule has 9 fully saturated rings. The number of allylic oxidation sites excluding steroid dienone is 2. The number of aliphatic hydroxyl groups is 16. The summed E-state index contributed by atoms with van der Waals surface area (Å²) in [6, 6.07) is 0. The summed E-state index contributed by atoms with van der Waals surface area (Å²) in [5.41, 5.74) is -1.45. The second kappa shape index (κ2) is 31.9. The number of aliphatic hydroxyl groups excluding tert-OH is 15. The Morgan fingerprint density at radius 2 is 1.06 bits per heavy atom. The summed E-state index contributed by atoms with van der Waals surface area (Å²) >= 11 is 0. The van der Waals surface area contributed by atoms with Crippen LogP contribution in [0.15, 0.2) is 11.6 Å². The minimum atomic E-state index is -5.17. The molecule has 35 heteroatoms. The minimum Gasteiger partial charge on any atom is -0.726 e. The number of Topliss-reactive ketones (excluding diaryl/α,β-unsaturated/α-hetero) is 1. The second-order valence-corrected chi connectivity index (χ2v) is 30.8. The van der Waals surface area contributed by atoms with Crippen LogP contribution in [-0.2, 0) is 76.2 Å². The van der Waals surface area contributed by atoms with Crippen molar-refractivity contribution in [3.63, 3.8) is 0 Å². The van der Waals surface area contributed by atoms with Crippen LogP contribution in [0.1, 0.15) is 114 Å². The standard InChI is InChI=1S/C63H104O33S.Na/c1-22(2)23(3)32(66)18-63(9,80)37-11-10-29-28-17-33(31-16-27(96-97(81,82)83)12-14-61(31,7)30(28)13-15-62(29,37)8)88-57-49(78)52(40(69)25(5)86-57)93-59-53(94-55-47(76)44(73)38(67)24(4)85-55)43(72)36(21-84-59)91-60-54(46(75)42(71)35(20-65)90-60)95-58-50(79)51(39(68)26(6)87-58)92-56-48(77)45(74)41(70)34(19-64)89-56;/h13,22-29,31,33-60,64-65,67-80H,10-12,14-21H2,1-9H3,(H,81,82,83);/q;+1/p-1/t23-,24?,25?,26?,27?,28?,29?,31-,33+,34?,35?,36?,37?,38?,39?,40?,41?,42?,43?,44?,45?,46?,47?,48?,49?,50?,51?,52?,53?,54?,55?,56?,57?,58?,59?,60?,61?,62?,63+;/m1./s1. The predicted molar refractivity (Wildman–Crippen MR) is 321 cm³/mol. The summed E-state index contributed by atoms with van der Waals surface area (Å²) in [5, 5.41) is 179. The van der Waals surface area contributed by atoms with Gasteiger partial charge in [0.2, 0.25) is 10.4 Å². The molecule has 10 aliphatic rings. The first-order valence-corrected chi connectivity index (χ1v) is 35.2. The van der Waals surface area contributed by atoms with E-state index in [-0.39, 0.29) is 90.6 Å². The van der Waals surface area contributed by atoms with Gasteiger partial charge in [-0.05, 0) is 113 Å². The van der Waals surface area contributed by atoms with Gasteiger partial charge in [0.1, 0.15) is 128 Å². The first-order chi connectivity index (χ1) is 45.3. The topological polar surface area (TPSA) is 518 Å². The van der Waals surface area contributed by atoms with E-state index in [2.05, 4.69) is 13.0 Å². The van der Waals surface area contributed by atoms with E-state index >= 15 is 0 Å². The molecule has 0 amide bonds. The van der Waals surface area contributed by atoms with Crippen molar-refractivity contribution in [3.05, 3.63) is 11.6 Å². The fraction of sp³-hybridized carbons (Fsp3) is 0.952. The molecule has 0 aromatic rings. The van der Waals surface area contributed by atoms with Crippen LogP contribution < -0.4 is 29.6 Å². The van der Waals surface area contributed by atoms with Crippen LogP contribution >= 0.6 is 0 Å². The van der Waals surface area contributed by atoms with Crippen molar-refractivity contribution in [2.45, 2.75) is 310 Å². The third kappa shape index (κ3) is 16.1. The van der Waals surface area contributed by atoms with Crippen LogP contribution in [0, 0.1) is 46.3 Å². The number of hydrogen-bond donors (Lipinski definition) is 16. The maximum atomic E-state index is 13.6. The molecule has 0 spiro atoms. The van der Waals surface area contributed by atoms with Gasteiger partial charge in [-0.15, -0.1) is 0 Å². The van der Waals surface area contributed by atoms with Crippen molar-refractivity contribution in [2.75, 3.05) is 19.8 Å². The van der Waals surface area contributed by atoms with E-state index in [1.807, 2.05) is 27.7 Å². The average molecular weight is 1440 g/mol. The smallest absolute Gasteiger partial charge is 0.726 e. The SMILES string of the molecule is CC1OC(OC2C(OC3C(O)C(C)OC(O[C@H]4CC5C(=CCC6(C)C5CCC6[C@@](C)(O)CC(=O)[C@H](C)C(C)C)C5(C)CCC(OS(=O)(=O)[O-])C[C@H]45)C3O)OCC(OC3OC(CO)C(O)C(O)C3OC3OC(C)C(O)C(OC4OC(CO)C(O)C(O)C4O)C3O)C2O)C(O)C(O)C1O.[Na+]. The van der Waals surface area contributed by atoms with Crippen molar-refractivity contribution < 1.29 is 190 Å². The van der Waals surface area contributed by atoms with E-state index in [1.165, 1.54) is 20.8 Å². The summed E-state index contributed by atoms with van der Waals surface area (Å²) < 4.78 is 114. The van der Waals surface area contributed by atoms with Crippen LogP contribution in [-0.4, -0.2) is 316 Å². The quantitative estimate of drug-likeness (QED) is 0.0220. The van der Waals surface area contributed by atoms with E-state index in [9.17, 15) is 99.5 Å². The number of ketones is 1. The van der Waals surface area contributed by atoms with Gasteiger partial charge in [-0.3, -0.25) is 8.98 Å². The van der Waals surface area contributed by atoms with Crippen molar-refractivity contribution in [1.82, 2.24) is 0 Å². The molecule has 0 aromatic heterocycles. The maximum Gasteiger partial charge on any atom is 1.00 e. The molecular weight excluding hydrogens is 1340 g/mol. The minimum absolute atomic E-state index is 0. The Balaban J connectivity index is 0.0000112. The molecule has 560 valence electrons. The van der Waals surface area contributed by atoms with Crippen LogP contribution in [0.25, 0.3) is 0 Å². The van der Waals surface area contributed by atoms with E-state index < -0.39 is 243 Å². The number of rotatable bonds is 21. The Morgan fingerprint density at radius 3 is 1.62 bits per heavy atom. The summed E-state index contributed by atoms with van der Waals surface area (Å²) in [6.07, 6.45) is -49.4. The molecule has 98 heavy (non-hydrogen) atoms. The molecule has 0 bridgehead atoms. The molecule has 3 saturated carbocycles. The Kier molecular flexibility index (Phi) is 26.5. The first kappa shape index (κ1) is 81.2. The van der Waals surface area contributed by atoms with E-state index in [0.717, 1.165) is 5.57 Å². The molecule has 4 aliphatic carbocycles. The summed E-state index contributed by atoms with van der Waals surface area (Å²) in [7, 11) is -5.17. The number of carbonyl (C=O) groups excluding carboxylic acids is 1. The van der Waals surface area contributed by atoms with Gasteiger partial charge in [0.15, 0.2) is 37.7 Å². The monoisotopic (exact) mass is 1440 g/mol. The predicted octanol–water partition coefficient (Wildman–Crippen LogP) is -7.95.